The van der Waals surface area contributed by atoms with Crippen LogP contribution >= 0.6 is 0 Å². The zero-order valence-electron chi connectivity index (χ0n) is 12.5. The molecule has 1 aromatic carbocycles. The van der Waals surface area contributed by atoms with Gasteiger partial charge in [0.15, 0.2) is 11.5 Å². The molecule has 1 saturated heterocycles. The number of hydrogen-bond acceptors (Lipinski definition) is 4. The maximum atomic E-state index is 5.73. The van der Waals surface area contributed by atoms with Crippen molar-refractivity contribution in [1.29, 1.82) is 0 Å². The fourth-order valence-corrected chi connectivity index (χ4v) is 2.61. The second kappa shape index (κ2) is 8.12. The fourth-order valence-electron chi connectivity index (χ4n) is 2.61. The summed E-state index contributed by atoms with van der Waals surface area (Å²) in [6.45, 7) is 2.67. The standard InChI is InChI=1S/C16H25NO3/c1-18-15-8-5-6-13(16(15)19-2)12-17-10-9-14-7-3-4-11-20-14/h5-6,8,14,17H,3-4,7,9-12H2,1-2H3. The minimum absolute atomic E-state index is 0.434. The first kappa shape index (κ1) is 15.1. The summed E-state index contributed by atoms with van der Waals surface area (Å²) < 4.78 is 16.5. The van der Waals surface area contributed by atoms with Crippen molar-refractivity contribution < 1.29 is 14.2 Å². The van der Waals surface area contributed by atoms with Gasteiger partial charge in [-0.25, -0.2) is 0 Å². The topological polar surface area (TPSA) is 39.7 Å². The molecule has 112 valence electrons. The molecule has 2 rings (SSSR count). The second-order valence-corrected chi connectivity index (χ2v) is 5.11. The highest BCUT2D eigenvalue weighted by atomic mass is 16.5. The Morgan fingerprint density at radius 3 is 2.85 bits per heavy atom. The lowest BCUT2D eigenvalue weighted by Gasteiger charge is -2.22. The summed E-state index contributed by atoms with van der Waals surface area (Å²) in [6.07, 6.45) is 5.22. The largest absolute Gasteiger partial charge is 0.493 e. The van der Waals surface area contributed by atoms with E-state index in [9.17, 15) is 0 Å². The van der Waals surface area contributed by atoms with E-state index in [-0.39, 0.29) is 0 Å². The predicted molar refractivity (Wildman–Crippen MR) is 79.5 cm³/mol. The smallest absolute Gasteiger partial charge is 0.165 e. The highest BCUT2D eigenvalue weighted by Gasteiger charge is 2.13. The first-order chi connectivity index (χ1) is 9.85. The molecule has 1 aliphatic heterocycles. The third-order valence-corrected chi connectivity index (χ3v) is 3.72. The number of ether oxygens (including phenoxy) is 3. The molecule has 1 aliphatic rings. The minimum atomic E-state index is 0.434. The Morgan fingerprint density at radius 2 is 2.15 bits per heavy atom. The zero-order valence-corrected chi connectivity index (χ0v) is 12.5. The van der Waals surface area contributed by atoms with Gasteiger partial charge in [-0.15, -0.1) is 0 Å². The van der Waals surface area contributed by atoms with E-state index in [1.807, 2.05) is 12.1 Å². The van der Waals surface area contributed by atoms with Crippen molar-refractivity contribution in [3.05, 3.63) is 23.8 Å². The van der Waals surface area contributed by atoms with Gasteiger partial charge in [-0.1, -0.05) is 12.1 Å². The Kier molecular flexibility index (Phi) is 6.15. The van der Waals surface area contributed by atoms with E-state index in [1.54, 1.807) is 14.2 Å². The minimum Gasteiger partial charge on any atom is -0.493 e. The van der Waals surface area contributed by atoms with Crippen LogP contribution in [0.3, 0.4) is 0 Å². The van der Waals surface area contributed by atoms with Crippen LogP contribution < -0.4 is 14.8 Å². The molecule has 0 aromatic heterocycles. The van der Waals surface area contributed by atoms with E-state index in [2.05, 4.69) is 11.4 Å². The molecular weight excluding hydrogens is 254 g/mol. The monoisotopic (exact) mass is 279 g/mol. The summed E-state index contributed by atoms with van der Waals surface area (Å²) in [5.74, 6) is 1.60. The van der Waals surface area contributed by atoms with Crippen LogP contribution in [-0.4, -0.2) is 33.5 Å². The van der Waals surface area contributed by atoms with Crippen molar-refractivity contribution in [1.82, 2.24) is 5.32 Å². The van der Waals surface area contributed by atoms with Crippen molar-refractivity contribution in [2.45, 2.75) is 38.3 Å². The Bertz CT molecular complexity index is 403. The van der Waals surface area contributed by atoms with Gasteiger partial charge in [-0.05, 0) is 38.3 Å². The molecule has 4 nitrogen and oxygen atoms in total. The van der Waals surface area contributed by atoms with Gasteiger partial charge in [0.2, 0.25) is 0 Å². The van der Waals surface area contributed by atoms with E-state index in [0.29, 0.717) is 6.10 Å². The SMILES string of the molecule is COc1cccc(CNCCC2CCCCO2)c1OC. The molecule has 1 aromatic rings. The lowest BCUT2D eigenvalue weighted by molar-refractivity contribution is 0.0115. The van der Waals surface area contributed by atoms with Gasteiger partial charge < -0.3 is 19.5 Å². The number of benzene rings is 1. The van der Waals surface area contributed by atoms with E-state index >= 15 is 0 Å². The first-order valence-electron chi connectivity index (χ1n) is 7.37. The lowest BCUT2D eigenvalue weighted by Crippen LogP contribution is -2.25. The van der Waals surface area contributed by atoms with Crippen LogP contribution in [0, 0.1) is 0 Å². The molecule has 0 amide bonds. The lowest BCUT2D eigenvalue weighted by atomic mass is 10.1. The Labute approximate surface area is 121 Å². The molecule has 0 bridgehead atoms. The van der Waals surface area contributed by atoms with Crippen LogP contribution in [0.2, 0.25) is 0 Å². The number of nitrogens with one attached hydrogen (secondary N) is 1. The molecule has 1 fully saturated rings. The first-order valence-corrected chi connectivity index (χ1v) is 7.37. The highest BCUT2D eigenvalue weighted by molar-refractivity contribution is 5.46. The van der Waals surface area contributed by atoms with Crippen LogP contribution in [0.5, 0.6) is 11.5 Å². The van der Waals surface area contributed by atoms with Gasteiger partial charge in [0, 0.05) is 18.7 Å². The Balaban J connectivity index is 1.78. The summed E-state index contributed by atoms with van der Waals surface area (Å²) in [4.78, 5) is 0. The molecule has 1 unspecified atom stereocenters. The fraction of sp³-hybridized carbons (Fsp3) is 0.625. The molecule has 1 heterocycles. The summed E-state index contributed by atoms with van der Waals surface area (Å²) in [6, 6.07) is 5.96. The van der Waals surface area contributed by atoms with Gasteiger partial charge in [0.1, 0.15) is 0 Å². The molecule has 20 heavy (non-hydrogen) atoms. The molecule has 0 spiro atoms. The maximum Gasteiger partial charge on any atom is 0.165 e. The third kappa shape index (κ3) is 4.12. The van der Waals surface area contributed by atoms with Crippen LogP contribution in [0.4, 0.5) is 0 Å². The summed E-state index contributed by atoms with van der Waals surface area (Å²) in [5, 5.41) is 3.46. The molecule has 0 aliphatic carbocycles. The van der Waals surface area contributed by atoms with Gasteiger partial charge in [0.05, 0.1) is 20.3 Å². The molecule has 4 heteroatoms. The second-order valence-electron chi connectivity index (χ2n) is 5.11. The van der Waals surface area contributed by atoms with Crippen LogP contribution in [0.15, 0.2) is 18.2 Å². The molecule has 1 N–H and O–H groups in total. The van der Waals surface area contributed by atoms with Gasteiger partial charge in [-0.2, -0.15) is 0 Å². The number of para-hydroxylation sites is 1. The summed E-state index contributed by atoms with van der Waals surface area (Å²) in [5.41, 5.74) is 1.12. The summed E-state index contributed by atoms with van der Waals surface area (Å²) in [7, 11) is 3.34. The maximum absolute atomic E-state index is 5.73. The molecule has 1 atom stereocenters. The van der Waals surface area contributed by atoms with Gasteiger partial charge in [-0.3, -0.25) is 0 Å². The highest BCUT2D eigenvalue weighted by Crippen LogP contribution is 2.30. The average molecular weight is 279 g/mol. The van der Waals surface area contributed by atoms with E-state index in [1.165, 1.54) is 19.3 Å². The normalized spacial score (nSPS) is 18.8. The van der Waals surface area contributed by atoms with Crippen molar-refractivity contribution in [3.63, 3.8) is 0 Å². The Hall–Kier alpha value is -1.26. The quantitative estimate of drug-likeness (QED) is 0.779. The van der Waals surface area contributed by atoms with Crippen LogP contribution in [-0.2, 0) is 11.3 Å². The molecule has 0 saturated carbocycles. The number of hydrogen-bond donors (Lipinski definition) is 1. The van der Waals surface area contributed by atoms with Crippen LogP contribution in [0.25, 0.3) is 0 Å². The third-order valence-electron chi connectivity index (χ3n) is 3.72. The summed E-state index contributed by atoms with van der Waals surface area (Å²) >= 11 is 0. The number of methoxy groups -OCH3 is 2. The van der Waals surface area contributed by atoms with E-state index in [0.717, 1.165) is 43.2 Å². The molecule has 0 radical (unpaired) electrons. The van der Waals surface area contributed by atoms with E-state index in [4.69, 9.17) is 14.2 Å². The van der Waals surface area contributed by atoms with Gasteiger partial charge >= 0.3 is 0 Å². The molecular formula is C16H25NO3. The van der Waals surface area contributed by atoms with Crippen molar-refractivity contribution in [2.75, 3.05) is 27.4 Å². The van der Waals surface area contributed by atoms with Gasteiger partial charge in [0.25, 0.3) is 0 Å². The predicted octanol–water partition coefficient (Wildman–Crippen LogP) is 2.75. The van der Waals surface area contributed by atoms with Crippen molar-refractivity contribution in [2.24, 2.45) is 0 Å². The zero-order chi connectivity index (χ0) is 14.2. The van der Waals surface area contributed by atoms with Crippen molar-refractivity contribution in [3.8, 4) is 11.5 Å². The number of rotatable bonds is 7. The average Bonchev–Trinajstić information content (AvgIpc) is 2.52. The van der Waals surface area contributed by atoms with Crippen molar-refractivity contribution >= 4 is 0 Å². The Morgan fingerprint density at radius 1 is 1.25 bits per heavy atom. The van der Waals surface area contributed by atoms with Crippen LogP contribution in [0.1, 0.15) is 31.2 Å². The van der Waals surface area contributed by atoms with E-state index < -0.39 is 0 Å².